The Morgan fingerprint density at radius 1 is 1.27 bits per heavy atom. The summed E-state index contributed by atoms with van der Waals surface area (Å²) in [5, 5.41) is 16.4. The van der Waals surface area contributed by atoms with Gasteiger partial charge in [-0.05, 0) is 39.4 Å². The zero-order chi connectivity index (χ0) is 26.4. The summed E-state index contributed by atoms with van der Waals surface area (Å²) >= 11 is 0. The molecule has 2 aliphatic heterocycles. The van der Waals surface area contributed by atoms with Gasteiger partial charge in [0.2, 0.25) is 0 Å². The van der Waals surface area contributed by atoms with Crippen LogP contribution in [-0.2, 0) is 4.74 Å². The van der Waals surface area contributed by atoms with E-state index in [9.17, 15) is 13.9 Å². The highest BCUT2D eigenvalue weighted by molar-refractivity contribution is 5.67. The molecule has 0 saturated carbocycles. The van der Waals surface area contributed by atoms with Gasteiger partial charge in [0, 0.05) is 50.0 Å². The molecule has 0 aliphatic carbocycles. The molecule has 204 valence electrons. The van der Waals surface area contributed by atoms with Crippen LogP contribution in [-0.4, -0.2) is 104 Å². The molecule has 2 aliphatic rings. The van der Waals surface area contributed by atoms with E-state index >= 15 is 0 Å². The first kappa shape index (κ1) is 27.4. The fourth-order valence-electron chi connectivity index (χ4n) is 4.77. The third kappa shape index (κ3) is 7.25. The number of hydrogen-bond acceptors (Lipinski definition) is 9. The number of likely N-dealkylation sites (N-methyl/N-ethyl adjacent to an activating group) is 1. The molecule has 0 bridgehead atoms. The molecule has 11 heteroatoms. The Morgan fingerprint density at radius 2 is 2.11 bits per heavy atom. The van der Waals surface area contributed by atoms with Gasteiger partial charge in [-0.25, -0.2) is 18.7 Å². The van der Waals surface area contributed by atoms with Crippen molar-refractivity contribution in [2.24, 2.45) is 0 Å². The number of aromatic nitrogens is 2. The number of benzene rings is 1. The van der Waals surface area contributed by atoms with Crippen LogP contribution in [0.15, 0.2) is 24.3 Å². The predicted molar refractivity (Wildman–Crippen MR) is 140 cm³/mol. The zero-order valence-corrected chi connectivity index (χ0v) is 21.8. The fourth-order valence-corrected chi connectivity index (χ4v) is 4.77. The van der Waals surface area contributed by atoms with Crippen LogP contribution in [0.4, 0.5) is 20.4 Å². The van der Waals surface area contributed by atoms with E-state index in [1.165, 1.54) is 0 Å². The molecule has 9 nitrogen and oxygen atoms in total. The molecule has 1 aromatic heterocycles. The summed E-state index contributed by atoms with van der Waals surface area (Å²) in [6, 6.07) is 7.65. The van der Waals surface area contributed by atoms with E-state index in [4.69, 9.17) is 19.4 Å². The monoisotopic (exact) mass is 520 g/mol. The largest absolute Gasteiger partial charge is 0.491 e. The number of halogens is 2. The summed E-state index contributed by atoms with van der Waals surface area (Å²) in [7, 11) is 1.78. The number of rotatable bonds is 11. The quantitative estimate of drug-likeness (QED) is 0.413. The van der Waals surface area contributed by atoms with Crippen LogP contribution in [0.1, 0.15) is 18.9 Å². The predicted octanol–water partition coefficient (Wildman–Crippen LogP) is 2.39. The second-order valence-corrected chi connectivity index (χ2v) is 9.78. The standard InChI is InChI=1S/C26H38F2N6O3/c1-17-13-34(9-8-33(17)14-23(27)28)26-18(2)24(30-20-7-10-36-15-20)31-25(32-26)19-5-4-6-22(11-19)37-16-21(35)12-29-3/h4-6,11,17,20-21,23,29,35H,7-10,12-16H2,1-3H3,(H,30,31,32). The van der Waals surface area contributed by atoms with Crippen LogP contribution in [0.2, 0.25) is 0 Å². The van der Waals surface area contributed by atoms with Crippen molar-refractivity contribution in [2.75, 3.05) is 69.8 Å². The number of nitrogens with zero attached hydrogens (tertiary/aromatic N) is 4. The minimum atomic E-state index is -2.35. The topological polar surface area (TPSA) is 95.0 Å². The van der Waals surface area contributed by atoms with Gasteiger partial charge in [0.05, 0.1) is 19.2 Å². The molecule has 3 heterocycles. The lowest BCUT2D eigenvalue weighted by atomic mass is 10.1. The smallest absolute Gasteiger partial charge is 0.251 e. The van der Waals surface area contributed by atoms with Gasteiger partial charge in [-0.3, -0.25) is 4.90 Å². The normalized spacial score (nSPS) is 21.4. The average molecular weight is 521 g/mol. The van der Waals surface area contributed by atoms with Crippen molar-refractivity contribution in [3.8, 4) is 17.1 Å². The molecule has 1 aromatic carbocycles. The summed E-state index contributed by atoms with van der Waals surface area (Å²) < 4.78 is 37.4. The minimum absolute atomic E-state index is 0.0269. The summed E-state index contributed by atoms with van der Waals surface area (Å²) in [6.45, 7) is 7.44. The first-order valence-corrected chi connectivity index (χ1v) is 12.9. The maximum absolute atomic E-state index is 13.0. The Hall–Kier alpha value is -2.60. The molecule has 4 rings (SSSR count). The SMILES string of the molecule is CNCC(O)COc1cccc(-c2nc(NC3CCOC3)c(C)c(N3CCN(CC(F)F)C(C)C3)n2)c1. The van der Waals surface area contributed by atoms with Crippen molar-refractivity contribution in [3.05, 3.63) is 29.8 Å². The van der Waals surface area contributed by atoms with Crippen LogP contribution in [0, 0.1) is 6.92 Å². The minimum Gasteiger partial charge on any atom is -0.491 e. The van der Waals surface area contributed by atoms with Crippen LogP contribution in [0.5, 0.6) is 5.75 Å². The summed E-state index contributed by atoms with van der Waals surface area (Å²) in [5.74, 6) is 2.71. The fraction of sp³-hybridized carbons (Fsp3) is 0.615. The number of aliphatic hydroxyl groups excluding tert-OH is 1. The first-order valence-electron chi connectivity index (χ1n) is 12.9. The van der Waals surface area contributed by atoms with E-state index in [0.29, 0.717) is 51.0 Å². The van der Waals surface area contributed by atoms with Gasteiger partial charge in [0.15, 0.2) is 5.82 Å². The van der Waals surface area contributed by atoms with Crippen molar-refractivity contribution < 1.29 is 23.4 Å². The van der Waals surface area contributed by atoms with Crippen LogP contribution >= 0.6 is 0 Å². The lowest BCUT2D eigenvalue weighted by Gasteiger charge is -2.40. The second-order valence-electron chi connectivity index (χ2n) is 9.78. The van der Waals surface area contributed by atoms with E-state index in [0.717, 1.165) is 29.2 Å². The second kappa shape index (κ2) is 12.8. The molecule has 0 spiro atoms. The van der Waals surface area contributed by atoms with Crippen molar-refractivity contribution in [1.82, 2.24) is 20.2 Å². The molecule has 2 fully saturated rings. The van der Waals surface area contributed by atoms with Crippen molar-refractivity contribution in [3.63, 3.8) is 0 Å². The zero-order valence-electron chi connectivity index (χ0n) is 21.8. The third-order valence-electron chi connectivity index (χ3n) is 6.80. The molecule has 2 saturated heterocycles. The molecule has 0 radical (unpaired) electrons. The first-order chi connectivity index (χ1) is 17.8. The van der Waals surface area contributed by atoms with Gasteiger partial charge >= 0.3 is 0 Å². The van der Waals surface area contributed by atoms with Crippen LogP contribution < -0.4 is 20.3 Å². The molecular weight excluding hydrogens is 482 g/mol. The van der Waals surface area contributed by atoms with Crippen molar-refractivity contribution in [1.29, 1.82) is 0 Å². The van der Waals surface area contributed by atoms with Gasteiger partial charge in [-0.1, -0.05) is 12.1 Å². The van der Waals surface area contributed by atoms with Crippen molar-refractivity contribution in [2.45, 2.75) is 44.9 Å². The number of nitrogens with one attached hydrogen (secondary N) is 2. The van der Waals surface area contributed by atoms with Crippen LogP contribution in [0.25, 0.3) is 11.4 Å². The highest BCUT2D eigenvalue weighted by atomic mass is 19.3. The van der Waals surface area contributed by atoms with Gasteiger partial charge in [-0.15, -0.1) is 0 Å². The summed E-state index contributed by atoms with van der Waals surface area (Å²) in [5.41, 5.74) is 1.71. The van der Waals surface area contributed by atoms with E-state index in [2.05, 4.69) is 15.5 Å². The van der Waals surface area contributed by atoms with Gasteiger partial charge in [0.1, 0.15) is 30.1 Å². The van der Waals surface area contributed by atoms with Crippen LogP contribution in [0.3, 0.4) is 0 Å². The lowest BCUT2D eigenvalue weighted by molar-refractivity contribution is 0.0643. The molecule has 3 atom stereocenters. The number of aliphatic hydroxyl groups is 1. The molecule has 37 heavy (non-hydrogen) atoms. The van der Waals surface area contributed by atoms with E-state index < -0.39 is 12.5 Å². The summed E-state index contributed by atoms with van der Waals surface area (Å²) in [6.07, 6.45) is -2.07. The van der Waals surface area contributed by atoms with Gasteiger partial charge < -0.3 is 30.1 Å². The molecular formula is C26H38F2N6O3. The average Bonchev–Trinajstić information content (AvgIpc) is 3.38. The summed E-state index contributed by atoms with van der Waals surface area (Å²) in [4.78, 5) is 13.8. The van der Waals surface area contributed by atoms with Gasteiger partial charge in [-0.2, -0.15) is 0 Å². The van der Waals surface area contributed by atoms with Gasteiger partial charge in [0.25, 0.3) is 6.43 Å². The molecule has 2 aromatic rings. The Balaban J connectivity index is 1.61. The Morgan fingerprint density at radius 3 is 2.81 bits per heavy atom. The maximum atomic E-state index is 13.0. The Kier molecular flexibility index (Phi) is 9.47. The highest BCUT2D eigenvalue weighted by Gasteiger charge is 2.29. The number of anilines is 2. The van der Waals surface area contributed by atoms with E-state index in [1.807, 2.05) is 43.0 Å². The number of hydrogen-bond donors (Lipinski definition) is 3. The molecule has 3 N–H and O–H groups in total. The third-order valence-corrected chi connectivity index (χ3v) is 6.80. The Bertz CT molecular complexity index is 1020. The number of ether oxygens (including phenoxy) is 2. The van der Waals surface area contributed by atoms with Crippen molar-refractivity contribution >= 4 is 11.6 Å². The van der Waals surface area contributed by atoms with E-state index in [-0.39, 0.29) is 25.2 Å². The number of piperazine rings is 1. The Labute approximate surface area is 217 Å². The number of alkyl halides is 2. The molecule has 0 amide bonds. The highest BCUT2D eigenvalue weighted by Crippen LogP contribution is 2.31. The lowest BCUT2D eigenvalue weighted by Crippen LogP contribution is -2.53. The molecule has 3 unspecified atom stereocenters. The van der Waals surface area contributed by atoms with E-state index in [1.54, 1.807) is 7.05 Å². The maximum Gasteiger partial charge on any atom is 0.251 e.